The van der Waals surface area contributed by atoms with Gasteiger partial charge >= 0.3 is 0 Å². The molecule has 1 aromatic heterocycles. The summed E-state index contributed by atoms with van der Waals surface area (Å²) in [4.78, 5) is 0. The fourth-order valence-electron chi connectivity index (χ4n) is 2.60. The first-order chi connectivity index (χ1) is 10.2. The van der Waals surface area contributed by atoms with Crippen molar-refractivity contribution < 1.29 is 4.52 Å². The largest absolute Gasteiger partial charge is 0.356 e. The predicted octanol–water partition coefficient (Wildman–Crippen LogP) is 4.46. The second kappa shape index (κ2) is 5.54. The van der Waals surface area contributed by atoms with Crippen molar-refractivity contribution in [3.8, 4) is 11.3 Å². The predicted molar refractivity (Wildman–Crippen MR) is 85.8 cm³/mol. The first kappa shape index (κ1) is 13.6. The van der Waals surface area contributed by atoms with Crippen molar-refractivity contribution in [2.45, 2.75) is 19.4 Å². The third-order valence-corrected chi connectivity index (χ3v) is 3.56. The molecule has 2 N–H and O–H groups in total. The molecule has 0 aliphatic carbocycles. The van der Waals surface area contributed by atoms with Crippen LogP contribution in [-0.2, 0) is 0 Å². The molecule has 0 spiro atoms. The number of nitrogens with zero attached hydrogens (tertiary/aromatic N) is 1. The molecule has 0 saturated carbocycles. The summed E-state index contributed by atoms with van der Waals surface area (Å²) in [5.41, 5.74) is 11.1. The number of nitrogens with two attached hydrogens (primary N) is 1. The van der Waals surface area contributed by atoms with E-state index in [0.29, 0.717) is 0 Å². The van der Waals surface area contributed by atoms with Crippen molar-refractivity contribution in [1.82, 2.24) is 5.16 Å². The zero-order valence-corrected chi connectivity index (χ0v) is 12.0. The van der Waals surface area contributed by atoms with Gasteiger partial charge in [0.05, 0.1) is 0 Å². The van der Waals surface area contributed by atoms with Crippen molar-refractivity contribution in [2.24, 2.45) is 5.73 Å². The van der Waals surface area contributed by atoms with Gasteiger partial charge in [0.25, 0.3) is 0 Å². The molecule has 106 valence electrons. The summed E-state index contributed by atoms with van der Waals surface area (Å²) < 4.78 is 5.41. The smallest absolute Gasteiger partial charge is 0.167 e. The molecule has 0 bridgehead atoms. The first-order valence-electron chi connectivity index (χ1n) is 7.00. The van der Waals surface area contributed by atoms with E-state index in [2.05, 4.69) is 11.7 Å². The van der Waals surface area contributed by atoms with E-state index in [4.69, 9.17) is 10.3 Å². The highest BCUT2D eigenvalue weighted by Gasteiger charge is 2.17. The quantitative estimate of drug-likeness (QED) is 0.717. The molecule has 0 aliphatic rings. The van der Waals surface area contributed by atoms with Gasteiger partial charge < -0.3 is 10.3 Å². The van der Waals surface area contributed by atoms with Crippen LogP contribution in [0, 0.1) is 0 Å². The summed E-state index contributed by atoms with van der Waals surface area (Å²) >= 11 is 0. The minimum Gasteiger partial charge on any atom is -0.356 e. The summed E-state index contributed by atoms with van der Waals surface area (Å²) in [6, 6.07) is 15.9. The summed E-state index contributed by atoms with van der Waals surface area (Å²) in [5, 5.41) is 5.24. The topological polar surface area (TPSA) is 52.0 Å². The number of fused-ring (bicyclic) bond motifs is 1. The third kappa shape index (κ3) is 2.60. The molecule has 3 rings (SSSR count). The van der Waals surface area contributed by atoms with E-state index in [0.717, 1.165) is 39.8 Å². The van der Waals surface area contributed by atoms with E-state index in [1.165, 1.54) is 0 Å². The third-order valence-electron chi connectivity index (χ3n) is 3.56. The lowest BCUT2D eigenvalue weighted by molar-refractivity contribution is 0.459. The van der Waals surface area contributed by atoms with E-state index in [-0.39, 0.29) is 6.04 Å². The molecule has 3 heteroatoms. The Morgan fingerprint density at radius 2 is 1.90 bits per heavy atom. The van der Waals surface area contributed by atoms with Crippen molar-refractivity contribution in [2.75, 3.05) is 0 Å². The Morgan fingerprint density at radius 3 is 2.71 bits per heavy atom. The normalized spacial score (nSPS) is 12.5. The molecular weight excluding hydrogens is 260 g/mol. The van der Waals surface area contributed by atoms with E-state index in [9.17, 15) is 0 Å². The Hall–Kier alpha value is -2.39. The van der Waals surface area contributed by atoms with Gasteiger partial charge in [-0.3, -0.25) is 0 Å². The van der Waals surface area contributed by atoms with Gasteiger partial charge in [-0.05, 0) is 31.0 Å². The van der Waals surface area contributed by atoms with E-state index in [1.54, 1.807) is 0 Å². The molecule has 0 saturated heterocycles. The highest BCUT2D eigenvalue weighted by molar-refractivity contribution is 5.92. The standard InChI is InChI=1S/C18H18N2O/c1-12(2)11-16(19)13-7-3-4-8-14(13)18-15-9-5-6-10-17(15)21-20-18/h3-10,16H,1,11,19H2,2H3. The molecule has 3 nitrogen and oxygen atoms in total. The van der Waals surface area contributed by atoms with Crippen LogP contribution in [0.5, 0.6) is 0 Å². The minimum atomic E-state index is -0.0887. The van der Waals surface area contributed by atoms with Crippen molar-refractivity contribution in [3.05, 3.63) is 66.2 Å². The number of hydrogen-bond donors (Lipinski definition) is 1. The lowest BCUT2D eigenvalue weighted by Crippen LogP contribution is -2.11. The molecule has 0 radical (unpaired) electrons. The van der Waals surface area contributed by atoms with E-state index < -0.39 is 0 Å². The molecule has 0 amide bonds. The van der Waals surface area contributed by atoms with Crippen LogP contribution in [0.1, 0.15) is 24.9 Å². The van der Waals surface area contributed by atoms with Gasteiger partial charge in [-0.2, -0.15) is 0 Å². The number of rotatable bonds is 4. The molecule has 2 aromatic carbocycles. The summed E-state index contributed by atoms with van der Waals surface area (Å²) in [6.45, 7) is 5.94. The highest BCUT2D eigenvalue weighted by atomic mass is 16.5. The van der Waals surface area contributed by atoms with Gasteiger partial charge in [0.15, 0.2) is 5.58 Å². The van der Waals surface area contributed by atoms with Gasteiger partial charge in [-0.25, -0.2) is 0 Å². The minimum absolute atomic E-state index is 0.0887. The summed E-state index contributed by atoms with van der Waals surface area (Å²) in [5.74, 6) is 0. The van der Waals surface area contributed by atoms with Crippen molar-refractivity contribution >= 4 is 11.0 Å². The van der Waals surface area contributed by atoms with Crippen LogP contribution in [0.3, 0.4) is 0 Å². The highest BCUT2D eigenvalue weighted by Crippen LogP contribution is 2.33. The molecule has 1 unspecified atom stereocenters. The van der Waals surface area contributed by atoms with E-state index >= 15 is 0 Å². The molecule has 1 atom stereocenters. The monoisotopic (exact) mass is 278 g/mol. The zero-order valence-electron chi connectivity index (χ0n) is 12.0. The molecular formula is C18H18N2O. The SMILES string of the molecule is C=C(C)CC(N)c1ccccc1-c1noc2ccccc12. The Kier molecular flexibility index (Phi) is 3.59. The van der Waals surface area contributed by atoms with Crippen LogP contribution < -0.4 is 5.73 Å². The van der Waals surface area contributed by atoms with Crippen LogP contribution in [-0.4, -0.2) is 5.16 Å². The number of aromatic nitrogens is 1. The molecule has 1 heterocycles. The van der Waals surface area contributed by atoms with Crippen LogP contribution in [0.4, 0.5) is 0 Å². The second-order valence-electron chi connectivity index (χ2n) is 5.38. The fraction of sp³-hybridized carbons (Fsp3) is 0.167. The van der Waals surface area contributed by atoms with E-state index in [1.807, 2.05) is 55.5 Å². The average molecular weight is 278 g/mol. The maximum absolute atomic E-state index is 6.33. The van der Waals surface area contributed by atoms with Crippen LogP contribution in [0.2, 0.25) is 0 Å². The molecule has 0 aliphatic heterocycles. The fourth-order valence-corrected chi connectivity index (χ4v) is 2.60. The van der Waals surface area contributed by atoms with Gasteiger partial charge in [0.1, 0.15) is 5.69 Å². The second-order valence-corrected chi connectivity index (χ2v) is 5.38. The van der Waals surface area contributed by atoms with Crippen molar-refractivity contribution in [3.63, 3.8) is 0 Å². The molecule has 21 heavy (non-hydrogen) atoms. The van der Waals surface area contributed by atoms with Gasteiger partial charge in [0.2, 0.25) is 0 Å². The lowest BCUT2D eigenvalue weighted by Gasteiger charge is -2.15. The Bertz CT molecular complexity index is 789. The number of para-hydroxylation sites is 1. The first-order valence-corrected chi connectivity index (χ1v) is 7.00. The average Bonchev–Trinajstić information content (AvgIpc) is 2.90. The Morgan fingerprint density at radius 1 is 1.19 bits per heavy atom. The van der Waals surface area contributed by atoms with Gasteiger partial charge in [-0.15, -0.1) is 6.58 Å². The number of benzene rings is 2. The summed E-state index contributed by atoms with van der Waals surface area (Å²) in [7, 11) is 0. The van der Waals surface area contributed by atoms with Crippen molar-refractivity contribution in [1.29, 1.82) is 0 Å². The van der Waals surface area contributed by atoms with Crippen LogP contribution in [0.15, 0.2) is 65.2 Å². The van der Waals surface area contributed by atoms with Gasteiger partial charge in [0, 0.05) is 17.0 Å². The maximum Gasteiger partial charge on any atom is 0.167 e. The number of hydrogen-bond acceptors (Lipinski definition) is 3. The Labute approximate surface area is 124 Å². The zero-order chi connectivity index (χ0) is 14.8. The lowest BCUT2D eigenvalue weighted by atomic mass is 9.94. The maximum atomic E-state index is 6.33. The Balaban J connectivity index is 2.12. The molecule has 3 aromatic rings. The van der Waals surface area contributed by atoms with Crippen LogP contribution in [0.25, 0.3) is 22.2 Å². The van der Waals surface area contributed by atoms with Crippen LogP contribution >= 0.6 is 0 Å². The molecule has 0 fully saturated rings. The van der Waals surface area contributed by atoms with Gasteiger partial charge in [-0.1, -0.05) is 47.1 Å². The summed E-state index contributed by atoms with van der Waals surface area (Å²) in [6.07, 6.45) is 0.757.